The number of benzene rings is 1. The van der Waals surface area contributed by atoms with Crippen LogP contribution in [0.25, 0.3) is 6.08 Å². The molecule has 0 saturated carbocycles. The van der Waals surface area contributed by atoms with Gasteiger partial charge in [-0.05, 0) is 77.7 Å². The third-order valence-corrected chi connectivity index (χ3v) is 5.07. The van der Waals surface area contributed by atoms with Crippen LogP contribution in [0.2, 0.25) is 0 Å². The molecule has 1 aliphatic heterocycles. The molecule has 1 heterocycles. The lowest BCUT2D eigenvalue weighted by atomic mass is 9.76. The van der Waals surface area contributed by atoms with Gasteiger partial charge in [-0.15, -0.1) is 0 Å². The number of carboxylic acids is 1. The van der Waals surface area contributed by atoms with Gasteiger partial charge in [-0.1, -0.05) is 6.08 Å². The van der Waals surface area contributed by atoms with Gasteiger partial charge < -0.3 is 30.2 Å². The molecule has 0 bridgehead atoms. The molecule has 8 nitrogen and oxygen atoms in total. The number of carbonyl (C=O) groups excluding carboxylic acids is 1. The van der Waals surface area contributed by atoms with E-state index in [2.05, 4.69) is 5.32 Å². The van der Waals surface area contributed by atoms with Crippen LogP contribution in [0.5, 0.6) is 0 Å². The van der Waals surface area contributed by atoms with Crippen LogP contribution < -0.4 is 11.1 Å². The topological polar surface area (TPSA) is 120 Å². The van der Waals surface area contributed by atoms with Crippen molar-refractivity contribution in [3.63, 3.8) is 0 Å². The Labute approximate surface area is 177 Å². The number of hydrogen-bond acceptors (Lipinski definition) is 6. The van der Waals surface area contributed by atoms with Crippen LogP contribution in [0.4, 0.5) is 10.5 Å². The normalized spacial score (nSPS) is 18.2. The standard InChI is InChI=1S/C21H31BN2O6/c1-19(2,3)28-18(27)24-12-15(22-29-20(4,5)21(6,7)30-22)11-14-10-13(17(25)26)8-9-16(14)23/h8-11H,12,23H2,1-7H3,(H,24,27)(H,25,26). The molecule has 1 saturated heterocycles. The fourth-order valence-corrected chi connectivity index (χ4v) is 2.72. The predicted molar refractivity (Wildman–Crippen MR) is 116 cm³/mol. The van der Waals surface area contributed by atoms with Crippen LogP contribution >= 0.6 is 0 Å². The summed E-state index contributed by atoms with van der Waals surface area (Å²) in [5.74, 6) is -1.06. The van der Waals surface area contributed by atoms with E-state index in [1.54, 1.807) is 26.8 Å². The van der Waals surface area contributed by atoms with Crippen LogP contribution in [-0.2, 0) is 14.0 Å². The van der Waals surface area contributed by atoms with Gasteiger partial charge in [0.15, 0.2) is 0 Å². The Kier molecular flexibility index (Phi) is 6.59. The SMILES string of the molecule is CC(C)(C)OC(=O)NCC(=Cc1cc(C(=O)O)ccc1N)B1OC(C)(C)C(C)(C)O1. The number of alkyl carbamates (subject to hydrolysis) is 1. The number of nitrogen functional groups attached to an aromatic ring is 1. The number of amides is 1. The number of rotatable bonds is 5. The number of hydrogen-bond donors (Lipinski definition) is 3. The molecule has 1 amide bonds. The van der Waals surface area contributed by atoms with Crippen molar-refractivity contribution in [1.82, 2.24) is 5.32 Å². The van der Waals surface area contributed by atoms with Crippen molar-refractivity contribution in [3.8, 4) is 0 Å². The second-order valence-corrected chi connectivity index (χ2v) is 9.31. The van der Waals surface area contributed by atoms with Crippen molar-refractivity contribution >= 4 is 30.9 Å². The van der Waals surface area contributed by atoms with E-state index in [4.69, 9.17) is 19.8 Å². The average Bonchev–Trinajstić information content (AvgIpc) is 2.78. The van der Waals surface area contributed by atoms with E-state index in [9.17, 15) is 14.7 Å². The van der Waals surface area contributed by atoms with E-state index < -0.39 is 36.0 Å². The Hall–Kier alpha value is -2.52. The van der Waals surface area contributed by atoms with Crippen LogP contribution in [0.3, 0.4) is 0 Å². The number of aromatic carboxylic acids is 1. The Balaban J connectivity index is 2.37. The quantitative estimate of drug-likeness (QED) is 0.494. The van der Waals surface area contributed by atoms with Crippen molar-refractivity contribution in [3.05, 3.63) is 34.8 Å². The summed E-state index contributed by atoms with van der Waals surface area (Å²) >= 11 is 0. The van der Waals surface area contributed by atoms with Crippen molar-refractivity contribution in [2.75, 3.05) is 12.3 Å². The minimum Gasteiger partial charge on any atom is -0.478 e. The largest absolute Gasteiger partial charge is 0.492 e. The molecule has 1 aliphatic rings. The van der Waals surface area contributed by atoms with Gasteiger partial charge in [-0.3, -0.25) is 0 Å². The summed E-state index contributed by atoms with van der Waals surface area (Å²) in [5, 5.41) is 12.0. The molecule has 0 atom stereocenters. The number of ether oxygens (including phenoxy) is 1. The van der Waals surface area contributed by atoms with Gasteiger partial charge in [-0.25, -0.2) is 9.59 Å². The highest BCUT2D eigenvalue weighted by atomic mass is 16.7. The summed E-state index contributed by atoms with van der Waals surface area (Å²) in [5.41, 5.74) is 5.80. The first-order valence-electron chi connectivity index (χ1n) is 9.77. The van der Waals surface area contributed by atoms with Crippen molar-refractivity contribution < 1.29 is 28.7 Å². The highest BCUT2D eigenvalue weighted by Crippen LogP contribution is 2.39. The highest BCUT2D eigenvalue weighted by Gasteiger charge is 2.52. The summed E-state index contributed by atoms with van der Waals surface area (Å²) in [4.78, 5) is 23.5. The zero-order valence-electron chi connectivity index (χ0n) is 18.7. The molecular weight excluding hydrogens is 387 g/mol. The van der Waals surface area contributed by atoms with Crippen LogP contribution in [0.15, 0.2) is 23.7 Å². The average molecular weight is 418 g/mol. The van der Waals surface area contributed by atoms with Crippen molar-refractivity contribution in [1.29, 1.82) is 0 Å². The molecule has 1 aromatic rings. The maximum absolute atomic E-state index is 12.2. The molecule has 0 radical (unpaired) electrons. The fourth-order valence-electron chi connectivity index (χ4n) is 2.72. The first-order valence-corrected chi connectivity index (χ1v) is 9.77. The van der Waals surface area contributed by atoms with Crippen LogP contribution in [-0.4, -0.2) is 47.6 Å². The third-order valence-electron chi connectivity index (χ3n) is 5.07. The van der Waals surface area contributed by atoms with Crippen molar-refractivity contribution in [2.45, 2.75) is 65.3 Å². The molecule has 0 aliphatic carbocycles. The number of carbonyl (C=O) groups is 2. The molecule has 164 valence electrons. The fraction of sp³-hybridized carbons (Fsp3) is 0.524. The Morgan fingerprint density at radius 3 is 2.27 bits per heavy atom. The van der Waals surface area contributed by atoms with Crippen LogP contribution in [0, 0.1) is 0 Å². The zero-order valence-corrected chi connectivity index (χ0v) is 18.7. The molecule has 9 heteroatoms. The lowest BCUT2D eigenvalue weighted by Gasteiger charge is -2.32. The van der Waals surface area contributed by atoms with E-state index in [1.807, 2.05) is 27.7 Å². The number of anilines is 1. The van der Waals surface area contributed by atoms with Gasteiger partial charge >= 0.3 is 19.2 Å². The Morgan fingerprint density at radius 2 is 1.77 bits per heavy atom. The number of carboxylic acid groups (broad SMARTS) is 1. The molecule has 0 aromatic heterocycles. The molecule has 1 fully saturated rings. The molecule has 2 rings (SSSR count). The minimum absolute atomic E-state index is 0.0719. The lowest BCUT2D eigenvalue weighted by molar-refractivity contribution is 0.00578. The summed E-state index contributed by atoms with van der Waals surface area (Å²) < 4.78 is 17.5. The van der Waals surface area contributed by atoms with Gasteiger partial charge in [-0.2, -0.15) is 0 Å². The van der Waals surface area contributed by atoms with Gasteiger partial charge in [0.25, 0.3) is 0 Å². The summed E-state index contributed by atoms with van der Waals surface area (Å²) in [6, 6.07) is 4.43. The minimum atomic E-state index is -1.06. The monoisotopic (exact) mass is 418 g/mol. The third kappa shape index (κ3) is 5.76. The zero-order chi connectivity index (χ0) is 22.9. The van der Waals surface area contributed by atoms with Gasteiger partial charge in [0.05, 0.1) is 16.8 Å². The van der Waals surface area contributed by atoms with E-state index >= 15 is 0 Å². The molecule has 30 heavy (non-hydrogen) atoms. The Morgan fingerprint density at radius 1 is 1.20 bits per heavy atom. The second-order valence-electron chi connectivity index (χ2n) is 9.31. The maximum atomic E-state index is 12.2. The molecule has 0 unspecified atom stereocenters. The Bertz CT molecular complexity index is 842. The van der Waals surface area contributed by atoms with Gasteiger partial charge in [0, 0.05) is 12.2 Å². The van der Waals surface area contributed by atoms with Gasteiger partial charge in [0.1, 0.15) is 5.60 Å². The number of nitrogens with one attached hydrogen (secondary N) is 1. The summed E-state index contributed by atoms with van der Waals surface area (Å²) in [6.45, 7) is 13.1. The van der Waals surface area contributed by atoms with Crippen LogP contribution in [0.1, 0.15) is 64.4 Å². The first kappa shape index (κ1) is 23.8. The van der Waals surface area contributed by atoms with Crippen molar-refractivity contribution in [2.24, 2.45) is 0 Å². The maximum Gasteiger partial charge on any atom is 0.492 e. The second kappa shape index (κ2) is 8.31. The molecule has 1 aromatic carbocycles. The molecular formula is C21H31BN2O6. The first-order chi connectivity index (χ1) is 13.6. The number of nitrogens with two attached hydrogens (primary N) is 1. The van der Waals surface area contributed by atoms with Gasteiger partial charge in [0.2, 0.25) is 0 Å². The van der Waals surface area contributed by atoms with E-state index in [0.717, 1.165) is 0 Å². The van der Waals surface area contributed by atoms with E-state index in [0.29, 0.717) is 16.7 Å². The van der Waals surface area contributed by atoms with E-state index in [1.165, 1.54) is 18.2 Å². The summed E-state index contributed by atoms with van der Waals surface area (Å²) in [7, 11) is -0.752. The lowest BCUT2D eigenvalue weighted by Crippen LogP contribution is -2.41. The molecule has 0 spiro atoms. The predicted octanol–water partition coefficient (Wildman–Crippen LogP) is 3.51. The smallest absolute Gasteiger partial charge is 0.478 e. The molecule has 4 N–H and O–H groups in total. The highest BCUT2D eigenvalue weighted by molar-refractivity contribution is 6.56. The van der Waals surface area contributed by atoms with E-state index in [-0.39, 0.29) is 12.1 Å². The summed E-state index contributed by atoms with van der Waals surface area (Å²) in [6.07, 6.45) is 1.10.